The number of benzene rings is 2. The number of fused-ring (bicyclic) bond motifs is 1. The van der Waals surface area contributed by atoms with Gasteiger partial charge in [-0.2, -0.15) is 0 Å². The molecular formula is C24H28ClN3O6S. The first kappa shape index (κ1) is 26.5. The highest BCUT2D eigenvalue weighted by Crippen LogP contribution is 2.31. The largest absolute Gasteiger partial charge is 0.422 e. The van der Waals surface area contributed by atoms with Crippen molar-refractivity contribution in [2.24, 2.45) is 0 Å². The molecule has 1 heterocycles. The number of carbonyl (C=O) groups excluding carboxylic acids is 1. The third-order valence-corrected chi connectivity index (χ3v) is 6.96. The highest BCUT2D eigenvalue weighted by molar-refractivity contribution is 7.92. The molecule has 0 radical (unpaired) electrons. The van der Waals surface area contributed by atoms with Crippen molar-refractivity contribution in [2.45, 2.75) is 19.9 Å². The van der Waals surface area contributed by atoms with Crippen LogP contribution in [0.1, 0.15) is 23.6 Å². The molecular weight excluding hydrogens is 494 g/mol. The molecule has 35 heavy (non-hydrogen) atoms. The van der Waals surface area contributed by atoms with Crippen molar-refractivity contribution in [3.05, 3.63) is 68.5 Å². The van der Waals surface area contributed by atoms with Crippen molar-refractivity contribution < 1.29 is 22.4 Å². The van der Waals surface area contributed by atoms with Crippen LogP contribution in [0.3, 0.4) is 0 Å². The van der Waals surface area contributed by atoms with E-state index in [1.165, 1.54) is 17.9 Å². The van der Waals surface area contributed by atoms with Gasteiger partial charge in [0.25, 0.3) is 0 Å². The SMILES string of the molecule is CCS(=O)(=O)Nc1cccc(Cc2c(CN(C)C)c3ccc(OC(=O)N(C)C)cc3oc2=O)c1Cl. The lowest BCUT2D eigenvalue weighted by atomic mass is 9.97. The van der Waals surface area contributed by atoms with Gasteiger partial charge in [-0.25, -0.2) is 18.0 Å². The van der Waals surface area contributed by atoms with E-state index in [1.54, 1.807) is 44.4 Å². The molecule has 0 spiro atoms. The summed E-state index contributed by atoms with van der Waals surface area (Å²) >= 11 is 6.52. The lowest BCUT2D eigenvalue weighted by molar-refractivity contribution is 0.172. The van der Waals surface area contributed by atoms with Gasteiger partial charge in [-0.15, -0.1) is 0 Å². The highest BCUT2D eigenvalue weighted by atomic mass is 35.5. The van der Waals surface area contributed by atoms with Gasteiger partial charge in [0.1, 0.15) is 11.3 Å². The monoisotopic (exact) mass is 521 g/mol. The molecule has 0 aliphatic carbocycles. The molecule has 1 amide bonds. The summed E-state index contributed by atoms with van der Waals surface area (Å²) in [6.07, 6.45) is -0.413. The predicted octanol–water partition coefficient (Wildman–Crippen LogP) is 3.92. The maximum absolute atomic E-state index is 13.1. The average molecular weight is 522 g/mol. The zero-order chi connectivity index (χ0) is 25.9. The van der Waals surface area contributed by atoms with Gasteiger partial charge in [0.05, 0.1) is 16.5 Å². The Morgan fingerprint density at radius 3 is 2.46 bits per heavy atom. The van der Waals surface area contributed by atoms with E-state index in [-0.39, 0.29) is 34.2 Å². The van der Waals surface area contributed by atoms with Crippen molar-refractivity contribution in [3.63, 3.8) is 0 Å². The minimum Gasteiger partial charge on any atom is -0.422 e. The first-order valence-corrected chi connectivity index (χ1v) is 12.8. The molecule has 0 fully saturated rings. The molecule has 0 bridgehead atoms. The van der Waals surface area contributed by atoms with Crippen molar-refractivity contribution in [1.29, 1.82) is 0 Å². The van der Waals surface area contributed by atoms with Crippen LogP contribution in [0.4, 0.5) is 10.5 Å². The van der Waals surface area contributed by atoms with Crippen LogP contribution in [0.15, 0.2) is 45.6 Å². The molecule has 0 aliphatic heterocycles. The number of rotatable bonds is 8. The van der Waals surface area contributed by atoms with Gasteiger partial charge < -0.3 is 19.0 Å². The second-order valence-corrected chi connectivity index (χ2v) is 10.9. The summed E-state index contributed by atoms with van der Waals surface area (Å²) in [5.41, 5.74) is 1.70. The first-order chi connectivity index (χ1) is 16.4. The Morgan fingerprint density at radius 1 is 1.11 bits per heavy atom. The standard InChI is InChI=1S/C24H28ClN3O6S/c1-6-35(31,32)26-20-9-7-8-15(22(20)25)12-18-19(14-27(2)3)17-11-10-16(33-24(30)28(4)5)13-21(17)34-23(18)29/h7-11,13,26H,6,12,14H2,1-5H3. The number of hydrogen-bond donors (Lipinski definition) is 1. The smallest absolute Gasteiger partial charge is 0.414 e. The number of nitrogens with one attached hydrogen (secondary N) is 1. The fraction of sp³-hybridized carbons (Fsp3) is 0.333. The maximum Gasteiger partial charge on any atom is 0.414 e. The number of anilines is 1. The molecule has 0 saturated carbocycles. The minimum atomic E-state index is -3.52. The highest BCUT2D eigenvalue weighted by Gasteiger charge is 2.20. The molecule has 0 aliphatic rings. The molecule has 0 atom stereocenters. The lowest BCUT2D eigenvalue weighted by Crippen LogP contribution is -2.25. The second-order valence-electron chi connectivity index (χ2n) is 8.47. The fourth-order valence-electron chi connectivity index (χ4n) is 3.44. The van der Waals surface area contributed by atoms with Crippen molar-refractivity contribution in [2.75, 3.05) is 38.7 Å². The summed E-state index contributed by atoms with van der Waals surface area (Å²) < 4.78 is 37.4. The fourth-order valence-corrected chi connectivity index (χ4v) is 4.39. The number of carbonyl (C=O) groups is 1. The van der Waals surface area contributed by atoms with Gasteiger partial charge in [-0.3, -0.25) is 4.72 Å². The number of nitrogens with zero attached hydrogens (tertiary/aromatic N) is 2. The summed E-state index contributed by atoms with van der Waals surface area (Å²) in [4.78, 5) is 28.2. The summed E-state index contributed by atoms with van der Waals surface area (Å²) in [5.74, 6) is 0.155. The minimum absolute atomic E-state index is 0.0966. The van der Waals surface area contributed by atoms with Gasteiger partial charge in [-0.1, -0.05) is 23.7 Å². The van der Waals surface area contributed by atoms with Crippen LogP contribution in [-0.4, -0.2) is 58.3 Å². The lowest BCUT2D eigenvalue weighted by Gasteiger charge is -2.17. The zero-order valence-corrected chi connectivity index (χ0v) is 21.8. The first-order valence-electron chi connectivity index (χ1n) is 10.8. The Balaban J connectivity index is 2.09. The van der Waals surface area contributed by atoms with Gasteiger partial charge in [0.15, 0.2) is 0 Å². The Hall–Kier alpha value is -3.08. The van der Waals surface area contributed by atoms with E-state index >= 15 is 0 Å². The Kier molecular flexibility index (Phi) is 8.09. The molecule has 188 valence electrons. The molecule has 1 N–H and O–H groups in total. The maximum atomic E-state index is 13.1. The summed E-state index contributed by atoms with van der Waals surface area (Å²) in [7, 11) is 3.37. The predicted molar refractivity (Wildman–Crippen MR) is 137 cm³/mol. The number of halogens is 1. The molecule has 3 aromatic rings. The number of sulfonamides is 1. The average Bonchev–Trinajstić information content (AvgIpc) is 2.77. The third-order valence-electron chi connectivity index (χ3n) is 5.23. The quantitative estimate of drug-likeness (QED) is 0.447. The van der Waals surface area contributed by atoms with Gasteiger partial charge in [0, 0.05) is 44.1 Å². The van der Waals surface area contributed by atoms with E-state index in [1.807, 2.05) is 19.0 Å². The Morgan fingerprint density at radius 2 is 1.83 bits per heavy atom. The molecule has 3 rings (SSSR count). The van der Waals surface area contributed by atoms with Crippen LogP contribution >= 0.6 is 11.6 Å². The van der Waals surface area contributed by atoms with Gasteiger partial charge in [0.2, 0.25) is 10.0 Å². The second kappa shape index (κ2) is 10.7. The van der Waals surface area contributed by atoms with Crippen LogP contribution < -0.4 is 15.1 Å². The molecule has 0 saturated heterocycles. The molecule has 2 aromatic carbocycles. The van der Waals surface area contributed by atoms with Crippen LogP contribution in [0.5, 0.6) is 5.75 Å². The number of hydrogen-bond acceptors (Lipinski definition) is 7. The normalized spacial score (nSPS) is 11.6. The topological polar surface area (TPSA) is 109 Å². The van der Waals surface area contributed by atoms with Crippen LogP contribution in [0, 0.1) is 0 Å². The van der Waals surface area contributed by atoms with E-state index in [9.17, 15) is 18.0 Å². The Bertz CT molecular complexity index is 1420. The summed E-state index contributed by atoms with van der Waals surface area (Å²) in [6.45, 7) is 1.97. The van der Waals surface area contributed by atoms with E-state index < -0.39 is 21.7 Å². The van der Waals surface area contributed by atoms with E-state index in [4.69, 9.17) is 20.8 Å². The van der Waals surface area contributed by atoms with E-state index in [0.29, 0.717) is 23.1 Å². The summed E-state index contributed by atoms with van der Waals surface area (Å²) in [5, 5.41) is 0.905. The molecule has 9 nitrogen and oxygen atoms in total. The van der Waals surface area contributed by atoms with Crippen molar-refractivity contribution in [1.82, 2.24) is 9.80 Å². The van der Waals surface area contributed by atoms with Crippen LogP contribution in [-0.2, 0) is 23.0 Å². The molecule has 11 heteroatoms. The van der Waals surface area contributed by atoms with Gasteiger partial charge in [-0.05, 0) is 50.3 Å². The van der Waals surface area contributed by atoms with Gasteiger partial charge >= 0.3 is 11.7 Å². The van der Waals surface area contributed by atoms with Crippen molar-refractivity contribution in [3.8, 4) is 5.75 Å². The zero-order valence-electron chi connectivity index (χ0n) is 20.2. The Labute approximate surface area is 209 Å². The van der Waals surface area contributed by atoms with Crippen LogP contribution in [0.2, 0.25) is 5.02 Å². The summed E-state index contributed by atoms with van der Waals surface area (Å²) in [6, 6.07) is 9.87. The molecule has 1 aromatic heterocycles. The van der Waals surface area contributed by atoms with E-state index in [2.05, 4.69) is 4.72 Å². The van der Waals surface area contributed by atoms with E-state index in [0.717, 1.165) is 5.56 Å². The van der Waals surface area contributed by atoms with Crippen molar-refractivity contribution >= 4 is 44.4 Å². The third kappa shape index (κ3) is 6.33. The number of amides is 1. The van der Waals surface area contributed by atoms with Crippen LogP contribution in [0.25, 0.3) is 11.0 Å². The molecule has 0 unspecified atom stereocenters. The number of ether oxygens (including phenoxy) is 1.